The van der Waals surface area contributed by atoms with Crippen LogP contribution in [0.1, 0.15) is 94.0 Å². The molecule has 2 aromatic carbocycles. The number of aromatic nitrogens is 4. The van der Waals surface area contributed by atoms with Crippen LogP contribution >= 0.6 is 0 Å². The van der Waals surface area contributed by atoms with Gasteiger partial charge in [0.15, 0.2) is 0 Å². The first kappa shape index (κ1) is 25.2. The summed E-state index contributed by atoms with van der Waals surface area (Å²) in [6.07, 6.45) is 8.40. The second-order valence-corrected chi connectivity index (χ2v) is 11.7. The molecule has 1 saturated heterocycles. The fourth-order valence-corrected chi connectivity index (χ4v) is 5.62. The van der Waals surface area contributed by atoms with Gasteiger partial charge in [-0.3, -0.25) is 4.90 Å². The SMILES string of the molecule is CC(C)(C)OC(=O)N1CCCC1c1ncc(-c2ccc(C#Cc3ccc4nc(C5CCCC5)[nH]c4c3)cc2)[nH]1. The Morgan fingerprint density at radius 3 is 2.46 bits per heavy atom. The fourth-order valence-electron chi connectivity index (χ4n) is 5.62. The molecule has 200 valence electrons. The molecule has 1 amide bonds. The van der Waals surface area contributed by atoms with Crippen LogP contribution in [0.4, 0.5) is 4.79 Å². The maximum atomic E-state index is 12.7. The summed E-state index contributed by atoms with van der Waals surface area (Å²) < 4.78 is 5.60. The third kappa shape index (κ3) is 5.56. The summed E-state index contributed by atoms with van der Waals surface area (Å²) in [5, 5.41) is 0. The molecule has 2 N–H and O–H groups in total. The Balaban J connectivity index is 1.14. The molecule has 1 aliphatic heterocycles. The number of nitrogens with one attached hydrogen (secondary N) is 2. The van der Waals surface area contributed by atoms with Gasteiger partial charge in [0.05, 0.1) is 29.0 Å². The number of benzene rings is 2. The third-order valence-corrected chi connectivity index (χ3v) is 7.58. The minimum absolute atomic E-state index is 0.0970. The zero-order chi connectivity index (χ0) is 27.0. The van der Waals surface area contributed by atoms with Gasteiger partial charge in [0.1, 0.15) is 17.2 Å². The number of fused-ring (bicyclic) bond motifs is 1. The van der Waals surface area contributed by atoms with Gasteiger partial charge in [-0.2, -0.15) is 0 Å². The average molecular weight is 522 g/mol. The maximum Gasteiger partial charge on any atom is 0.410 e. The van der Waals surface area contributed by atoms with Gasteiger partial charge in [-0.05, 0) is 82.3 Å². The van der Waals surface area contributed by atoms with E-state index in [1.54, 1.807) is 4.90 Å². The molecule has 2 aliphatic rings. The van der Waals surface area contributed by atoms with Gasteiger partial charge in [-0.1, -0.05) is 36.8 Å². The summed E-state index contributed by atoms with van der Waals surface area (Å²) in [4.78, 5) is 30.8. The van der Waals surface area contributed by atoms with Crippen molar-refractivity contribution in [3.05, 3.63) is 71.4 Å². The van der Waals surface area contributed by atoms with Crippen molar-refractivity contribution in [3.8, 4) is 23.1 Å². The van der Waals surface area contributed by atoms with Crippen molar-refractivity contribution in [1.29, 1.82) is 0 Å². The highest BCUT2D eigenvalue weighted by Crippen LogP contribution is 2.34. The molecule has 2 aromatic heterocycles. The van der Waals surface area contributed by atoms with Crippen LogP contribution in [0, 0.1) is 11.8 Å². The molecule has 0 bridgehead atoms. The van der Waals surface area contributed by atoms with Crippen molar-refractivity contribution in [2.45, 2.75) is 76.9 Å². The first-order chi connectivity index (χ1) is 18.8. The van der Waals surface area contributed by atoms with E-state index in [9.17, 15) is 4.79 Å². The molecule has 7 heteroatoms. The Hall–Kier alpha value is -4.05. The average Bonchev–Trinajstić information content (AvgIpc) is 3.72. The Kier molecular flexibility index (Phi) is 6.64. The lowest BCUT2D eigenvalue weighted by Gasteiger charge is -2.27. The molecule has 3 heterocycles. The van der Waals surface area contributed by atoms with E-state index in [4.69, 9.17) is 9.72 Å². The lowest BCUT2D eigenvalue weighted by Crippen LogP contribution is -2.36. The number of H-pyrrole nitrogens is 2. The zero-order valence-corrected chi connectivity index (χ0v) is 22.9. The van der Waals surface area contributed by atoms with Crippen LogP contribution < -0.4 is 0 Å². The van der Waals surface area contributed by atoms with Gasteiger partial charge in [0, 0.05) is 23.6 Å². The summed E-state index contributed by atoms with van der Waals surface area (Å²) in [6, 6.07) is 14.2. The van der Waals surface area contributed by atoms with Crippen molar-refractivity contribution in [1.82, 2.24) is 24.8 Å². The van der Waals surface area contributed by atoms with E-state index in [0.29, 0.717) is 12.5 Å². The number of hydrogen-bond acceptors (Lipinski definition) is 4. The largest absolute Gasteiger partial charge is 0.444 e. The van der Waals surface area contributed by atoms with Crippen molar-refractivity contribution >= 4 is 17.1 Å². The number of carbonyl (C=O) groups excluding carboxylic acids is 1. The normalized spacial score (nSPS) is 17.9. The van der Waals surface area contributed by atoms with Crippen molar-refractivity contribution in [2.24, 2.45) is 0 Å². The first-order valence-electron chi connectivity index (χ1n) is 14.0. The van der Waals surface area contributed by atoms with E-state index >= 15 is 0 Å². The highest BCUT2D eigenvalue weighted by Gasteiger charge is 2.34. The number of carbonyl (C=O) groups is 1. The molecule has 1 unspecified atom stereocenters. The van der Waals surface area contributed by atoms with E-state index in [0.717, 1.165) is 57.9 Å². The van der Waals surface area contributed by atoms with Crippen LogP contribution in [0.15, 0.2) is 48.7 Å². The van der Waals surface area contributed by atoms with Crippen LogP contribution in [-0.2, 0) is 4.74 Å². The van der Waals surface area contributed by atoms with Crippen LogP contribution in [-0.4, -0.2) is 43.1 Å². The van der Waals surface area contributed by atoms with E-state index in [1.807, 2.05) is 57.3 Å². The standard InChI is InChI=1S/C32H35N5O2/c1-32(2,3)39-31(38)37-18-6-9-28(37)30-33-20-27(36-30)23-15-12-21(13-16-23)10-11-22-14-17-25-26(19-22)35-29(34-25)24-7-4-5-8-24/h12-17,19-20,24,28H,4-9,18H2,1-3H3,(H,33,36)(H,34,35). The molecule has 39 heavy (non-hydrogen) atoms. The lowest BCUT2D eigenvalue weighted by atomic mass is 10.1. The third-order valence-electron chi connectivity index (χ3n) is 7.58. The second kappa shape index (κ2) is 10.3. The molecule has 0 spiro atoms. The van der Waals surface area contributed by atoms with Crippen molar-refractivity contribution in [3.63, 3.8) is 0 Å². The summed E-state index contributed by atoms with van der Waals surface area (Å²) >= 11 is 0. The zero-order valence-electron chi connectivity index (χ0n) is 22.9. The Morgan fingerprint density at radius 2 is 1.69 bits per heavy atom. The van der Waals surface area contributed by atoms with Crippen LogP contribution in [0.3, 0.4) is 0 Å². The van der Waals surface area contributed by atoms with Gasteiger partial charge in [0.2, 0.25) is 0 Å². The van der Waals surface area contributed by atoms with Crippen molar-refractivity contribution < 1.29 is 9.53 Å². The van der Waals surface area contributed by atoms with Crippen molar-refractivity contribution in [2.75, 3.05) is 6.54 Å². The molecule has 1 aliphatic carbocycles. The van der Waals surface area contributed by atoms with E-state index in [1.165, 1.54) is 25.7 Å². The number of hydrogen-bond donors (Lipinski definition) is 2. The Morgan fingerprint density at radius 1 is 0.949 bits per heavy atom. The molecule has 4 aromatic rings. The molecule has 7 nitrogen and oxygen atoms in total. The second-order valence-electron chi connectivity index (χ2n) is 11.7. The summed E-state index contributed by atoms with van der Waals surface area (Å²) in [5.74, 6) is 9.06. The topological polar surface area (TPSA) is 86.9 Å². The maximum absolute atomic E-state index is 12.7. The number of ether oxygens (including phenoxy) is 1. The number of amides is 1. The van der Waals surface area contributed by atoms with Crippen LogP contribution in [0.5, 0.6) is 0 Å². The first-order valence-corrected chi connectivity index (χ1v) is 14.0. The predicted octanol–water partition coefficient (Wildman–Crippen LogP) is 7.08. The Bertz CT molecular complexity index is 1540. The van der Waals surface area contributed by atoms with Crippen LogP contribution in [0.25, 0.3) is 22.3 Å². The Labute approximate surface area is 229 Å². The van der Waals surface area contributed by atoms with E-state index in [-0.39, 0.29) is 12.1 Å². The molecular formula is C32H35N5O2. The van der Waals surface area contributed by atoms with E-state index in [2.05, 4.69) is 38.9 Å². The highest BCUT2D eigenvalue weighted by molar-refractivity contribution is 5.77. The molecule has 0 radical (unpaired) electrons. The predicted molar refractivity (Wildman–Crippen MR) is 152 cm³/mol. The fraction of sp³-hybridized carbons (Fsp3) is 0.406. The number of imidazole rings is 2. The molecule has 1 atom stereocenters. The highest BCUT2D eigenvalue weighted by atomic mass is 16.6. The number of nitrogens with zero attached hydrogens (tertiary/aromatic N) is 3. The number of aromatic amines is 2. The summed E-state index contributed by atoms with van der Waals surface area (Å²) in [5.41, 5.74) is 5.41. The summed E-state index contributed by atoms with van der Waals surface area (Å²) in [7, 11) is 0. The van der Waals surface area contributed by atoms with Crippen LogP contribution in [0.2, 0.25) is 0 Å². The molecule has 6 rings (SSSR count). The quantitative estimate of drug-likeness (QED) is 0.282. The smallest absolute Gasteiger partial charge is 0.410 e. The molecular weight excluding hydrogens is 486 g/mol. The van der Waals surface area contributed by atoms with Gasteiger partial charge in [-0.15, -0.1) is 0 Å². The number of likely N-dealkylation sites (tertiary alicyclic amines) is 1. The van der Waals surface area contributed by atoms with Gasteiger partial charge in [-0.25, -0.2) is 14.8 Å². The minimum atomic E-state index is -0.520. The summed E-state index contributed by atoms with van der Waals surface area (Å²) in [6.45, 7) is 6.34. The van der Waals surface area contributed by atoms with E-state index < -0.39 is 5.60 Å². The number of rotatable bonds is 3. The van der Waals surface area contributed by atoms with Gasteiger partial charge >= 0.3 is 6.09 Å². The molecule has 1 saturated carbocycles. The van der Waals surface area contributed by atoms with Gasteiger partial charge < -0.3 is 14.7 Å². The lowest BCUT2D eigenvalue weighted by molar-refractivity contribution is 0.0218. The minimum Gasteiger partial charge on any atom is -0.444 e. The monoisotopic (exact) mass is 521 g/mol. The van der Waals surface area contributed by atoms with Gasteiger partial charge in [0.25, 0.3) is 0 Å². The molecule has 2 fully saturated rings.